The fourth-order valence-corrected chi connectivity index (χ4v) is 2.69. The largest absolute Gasteiger partial charge is 0.322 e. The minimum absolute atomic E-state index is 0.198. The zero-order valence-corrected chi connectivity index (χ0v) is 17.1. The maximum atomic E-state index is 12.4. The van der Waals surface area contributed by atoms with Crippen molar-refractivity contribution >= 4 is 34.9 Å². The van der Waals surface area contributed by atoms with Gasteiger partial charge in [-0.05, 0) is 38.1 Å². The Bertz CT molecular complexity index is 1070. The zero-order valence-electron chi connectivity index (χ0n) is 16.4. The first-order chi connectivity index (χ1) is 13.8. The highest BCUT2D eigenvalue weighted by molar-refractivity contribution is 6.32. The number of halogens is 1. The molecule has 1 heterocycles. The molecule has 1 aromatic heterocycles. The van der Waals surface area contributed by atoms with Gasteiger partial charge in [0.2, 0.25) is 0 Å². The van der Waals surface area contributed by atoms with E-state index in [1.54, 1.807) is 55.9 Å². The first kappa shape index (κ1) is 20.4. The predicted molar refractivity (Wildman–Crippen MR) is 116 cm³/mol. The normalized spacial score (nSPS) is 11.6. The van der Waals surface area contributed by atoms with Gasteiger partial charge in [0.1, 0.15) is 5.82 Å². The summed E-state index contributed by atoms with van der Waals surface area (Å²) in [5.41, 5.74) is 3.27. The molecule has 6 nitrogen and oxygen atoms in total. The molecule has 0 unspecified atom stereocenters. The highest BCUT2D eigenvalue weighted by Crippen LogP contribution is 2.24. The van der Waals surface area contributed by atoms with Crippen LogP contribution in [0.1, 0.15) is 24.2 Å². The van der Waals surface area contributed by atoms with Crippen LogP contribution in [0.2, 0.25) is 0 Å². The van der Waals surface area contributed by atoms with Gasteiger partial charge in [0.05, 0.1) is 5.69 Å². The molecule has 3 rings (SSSR count). The van der Waals surface area contributed by atoms with Crippen LogP contribution < -0.4 is 10.6 Å². The van der Waals surface area contributed by atoms with Gasteiger partial charge < -0.3 is 10.6 Å². The zero-order chi connectivity index (χ0) is 21.0. The van der Waals surface area contributed by atoms with E-state index in [0.29, 0.717) is 33.4 Å². The molecule has 2 aromatic carbocycles. The van der Waals surface area contributed by atoms with E-state index >= 15 is 0 Å². The van der Waals surface area contributed by atoms with E-state index < -0.39 is 0 Å². The molecule has 0 aliphatic rings. The van der Waals surface area contributed by atoms with Crippen LogP contribution in [-0.2, 0) is 11.8 Å². The Balaban J connectivity index is 1.73. The quantitative estimate of drug-likeness (QED) is 0.595. The fraction of sp³-hybridized carbons (Fsp3) is 0.136. The van der Waals surface area contributed by atoms with Crippen molar-refractivity contribution in [3.63, 3.8) is 0 Å². The third-order valence-corrected chi connectivity index (χ3v) is 4.74. The first-order valence-electron chi connectivity index (χ1n) is 9.00. The fourth-order valence-electron chi connectivity index (χ4n) is 2.61. The third kappa shape index (κ3) is 4.92. The number of benzene rings is 2. The van der Waals surface area contributed by atoms with Crippen molar-refractivity contribution in [2.45, 2.75) is 13.8 Å². The molecule has 0 aliphatic carbocycles. The highest BCUT2D eigenvalue weighted by atomic mass is 35.5. The molecular weight excluding hydrogens is 388 g/mol. The summed E-state index contributed by atoms with van der Waals surface area (Å²) >= 11 is 5.87. The number of carbonyl (C=O) groups excluding carboxylic acids is 2. The lowest BCUT2D eigenvalue weighted by Crippen LogP contribution is -2.14. The number of allylic oxidation sites excluding steroid dienone is 1. The Morgan fingerprint density at radius 2 is 1.62 bits per heavy atom. The monoisotopic (exact) mass is 408 g/mol. The van der Waals surface area contributed by atoms with Crippen LogP contribution in [0, 0.1) is 0 Å². The second kappa shape index (κ2) is 8.75. The maximum absolute atomic E-state index is 12.4. The molecule has 0 saturated heterocycles. The van der Waals surface area contributed by atoms with E-state index in [1.165, 1.54) is 0 Å². The molecule has 0 saturated carbocycles. The molecule has 3 aromatic rings. The first-order valence-corrected chi connectivity index (χ1v) is 9.38. The Morgan fingerprint density at radius 1 is 0.966 bits per heavy atom. The van der Waals surface area contributed by atoms with Crippen LogP contribution >= 0.6 is 11.6 Å². The molecule has 0 fully saturated rings. The van der Waals surface area contributed by atoms with Crippen molar-refractivity contribution in [1.29, 1.82) is 0 Å². The van der Waals surface area contributed by atoms with E-state index in [4.69, 9.17) is 11.6 Å². The number of rotatable bonds is 5. The summed E-state index contributed by atoms with van der Waals surface area (Å²) in [6.45, 7) is 3.35. The van der Waals surface area contributed by atoms with E-state index in [2.05, 4.69) is 15.7 Å². The summed E-state index contributed by atoms with van der Waals surface area (Å²) < 4.78 is 1.61. The van der Waals surface area contributed by atoms with Crippen LogP contribution in [0.15, 0.2) is 71.3 Å². The van der Waals surface area contributed by atoms with E-state index in [1.807, 2.05) is 30.3 Å². The van der Waals surface area contributed by atoms with Gasteiger partial charge in [-0.15, -0.1) is 0 Å². The van der Waals surface area contributed by atoms with Crippen molar-refractivity contribution in [3.8, 4) is 11.3 Å². The number of hydrogen-bond donors (Lipinski definition) is 2. The molecule has 0 atom stereocenters. The van der Waals surface area contributed by atoms with Gasteiger partial charge >= 0.3 is 0 Å². The SMILES string of the molecule is C/C(Cl)=C(\C)C(=O)Nc1ccc(-c2cc(NC(=O)c3ccccc3)n(C)n2)cc1. The Kier molecular flexibility index (Phi) is 6.14. The molecule has 2 N–H and O–H groups in total. The molecule has 0 aliphatic heterocycles. The second-order valence-electron chi connectivity index (χ2n) is 6.55. The lowest BCUT2D eigenvalue weighted by molar-refractivity contribution is -0.112. The lowest BCUT2D eigenvalue weighted by atomic mass is 10.1. The van der Waals surface area contributed by atoms with Crippen molar-refractivity contribution in [2.75, 3.05) is 10.6 Å². The number of nitrogens with one attached hydrogen (secondary N) is 2. The van der Waals surface area contributed by atoms with Crippen LogP contribution in [0.4, 0.5) is 11.5 Å². The average Bonchev–Trinajstić information content (AvgIpc) is 3.08. The van der Waals surface area contributed by atoms with Gasteiger partial charge in [0.25, 0.3) is 11.8 Å². The van der Waals surface area contributed by atoms with Gasteiger partial charge in [0.15, 0.2) is 0 Å². The van der Waals surface area contributed by atoms with Crippen molar-refractivity contribution in [3.05, 3.63) is 76.8 Å². The van der Waals surface area contributed by atoms with Crippen LogP contribution in [-0.4, -0.2) is 21.6 Å². The third-order valence-electron chi connectivity index (χ3n) is 4.45. The molecule has 0 spiro atoms. The van der Waals surface area contributed by atoms with E-state index in [9.17, 15) is 9.59 Å². The van der Waals surface area contributed by atoms with Crippen molar-refractivity contribution in [2.24, 2.45) is 7.05 Å². The van der Waals surface area contributed by atoms with Crippen molar-refractivity contribution in [1.82, 2.24) is 9.78 Å². The Morgan fingerprint density at radius 3 is 2.24 bits per heavy atom. The van der Waals surface area contributed by atoms with Crippen molar-refractivity contribution < 1.29 is 9.59 Å². The minimum atomic E-state index is -0.242. The summed E-state index contributed by atoms with van der Waals surface area (Å²) in [5, 5.41) is 10.6. The van der Waals surface area contributed by atoms with Gasteiger partial charge in [-0.25, -0.2) is 0 Å². The van der Waals surface area contributed by atoms with Gasteiger partial charge in [0, 0.05) is 40.5 Å². The molecule has 0 radical (unpaired) electrons. The van der Waals surface area contributed by atoms with Gasteiger partial charge in [-0.1, -0.05) is 41.9 Å². The summed E-state index contributed by atoms with van der Waals surface area (Å²) in [6.07, 6.45) is 0. The standard InChI is InChI=1S/C22H21ClN4O2/c1-14(15(2)23)21(28)24-18-11-9-16(10-12-18)19-13-20(27(3)26-19)25-22(29)17-7-5-4-6-8-17/h4-13H,1-3H3,(H,24,28)(H,25,29)/b15-14-. The minimum Gasteiger partial charge on any atom is -0.322 e. The number of carbonyl (C=O) groups is 2. The van der Waals surface area contributed by atoms with E-state index in [0.717, 1.165) is 5.56 Å². The molecule has 0 bridgehead atoms. The summed E-state index contributed by atoms with van der Waals surface area (Å²) in [7, 11) is 1.77. The molecular formula is C22H21ClN4O2. The molecule has 2 amide bonds. The number of aryl methyl sites for hydroxylation is 1. The second-order valence-corrected chi connectivity index (χ2v) is 7.12. The maximum Gasteiger partial charge on any atom is 0.256 e. The topological polar surface area (TPSA) is 76.0 Å². The number of anilines is 2. The van der Waals surface area contributed by atoms with Crippen LogP contribution in [0.25, 0.3) is 11.3 Å². The molecule has 29 heavy (non-hydrogen) atoms. The Hall–Kier alpha value is -3.38. The van der Waals surface area contributed by atoms with Gasteiger partial charge in [-0.2, -0.15) is 5.10 Å². The average molecular weight is 409 g/mol. The number of hydrogen-bond acceptors (Lipinski definition) is 3. The summed E-state index contributed by atoms with van der Waals surface area (Å²) in [4.78, 5) is 24.4. The summed E-state index contributed by atoms with van der Waals surface area (Å²) in [5.74, 6) is 0.148. The lowest BCUT2D eigenvalue weighted by Gasteiger charge is -2.06. The smallest absolute Gasteiger partial charge is 0.256 e. The molecule has 148 valence electrons. The number of aromatic nitrogens is 2. The summed E-state index contributed by atoms with van der Waals surface area (Å²) in [6, 6.07) is 18.1. The van der Waals surface area contributed by atoms with Crippen LogP contribution in [0.3, 0.4) is 0 Å². The number of amides is 2. The Labute approximate surface area is 174 Å². The van der Waals surface area contributed by atoms with Gasteiger partial charge in [-0.3, -0.25) is 14.3 Å². The number of nitrogens with zero attached hydrogens (tertiary/aromatic N) is 2. The highest BCUT2D eigenvalue weighted by Gasteiger charge is 2.12. The predicted octanol–water partition coefficient (Wildman–Crippen LogP) is 4.81. The molecule has 7 heteroatoms. The van der Waals surface area contributed by atoms with E-state index in [-0.39, 0.29) is 11.8 Å². The van der Waals surface area contributed by atoms with Crippen LogP contribution in [0.5, 0.6) is 0 Å².